The SMILES string of the molecule is C#CCC(=C)CC(O)CCc1ccccc1. The van der Waals surface area contributed by atoms with Crippen LogP contribution in [0.5, 0.6) is 0 Å². The van der Waals surface area contributed by atoms with E-state index in [0.717, 1.165) is 18.4 Å². The molecule has 0 fully saturated rings. The molecule has 0 saturated carbocycles. The third kappa shape index (κ3) is 4.82. The molecule has 16 heavy (non-hydrogen) atoms. The van der Waals surface area contributed by atoms with Crippen molar-refractivity contribution in [2.24, 2.45) is 0 Å². The van der Waals surface area contributed by atoms with Gasteiger partial charge < -0.3 is 5.11 Å². The van der Waals surface area contributed by atoms with E-state index < -0.39 is 0 Å². The highest BCUT2D eigenvalue weighted by atomic mass is 16.3. The Bertz CT molecular complexity index is 359. The Balaban J connectivity index is 2.28. The average molecular weight is 214 g/mol. The fraction of sp³-hybridized carbons (Fsp3) is 0.333. The maximum absolute atomic E-state index is 9.78. The molecule has 1 nitrogen and oxygen atoms in total. The summed E-state index contributed by atoms with van der Waals surface area (Å²) >= 11 is 0. The van der Waals surface area contributed by atoms with Crippen LogP contribution in [0.4, 0.5) is 0 Å². The molecule has 0 aromatic heterocycles. The number of aliphatic hydroxyl groups is 1. The van der Waals surface area contributed by atoms with Crippen molar-refractivity contribution < 1.29 is 5.11 Å². The summed E-state index contributed by atoms with van der Waals surface area (Å²) in [5.74, 6) is 2.54. The van der Waals surface area contributed by atoms with Crippen molar-refractivity contribution in [3.8, 4) is 12.3 Å². The lowest BCUT2D eigenvalue weighted by Gasteiger charge is -2.11. The predicted molar refractivity (Wildman–Crippen MR) is 68.0 cm³/mol. The van der Waals surface area contributed by atoms with Crippen LogP contribution < -0.4 is 0 Å². The van der Waals surface area contributed by atoms with Gasteiger partial charge in [0.2, 0.25) is 0 Å². The van der Waals surface area contributed by atoms with Gasteiger partial charge in [0.05, 0.1) is 6.10 Å². The Hall–Kier alpha value is -1.52. The molecule has 1 heteroatoms. The zero-order valence-electron chi connectivity index (χ0n) is 9.52. The van der Waals surface area contributed by atoms with Gasteiger partial charge >= 0.3 is 0 Å². The molecule has 1 aromatic rings. The van der Waals surface area contributed by atoms with E-state index in [2.05, 4.69) is 24.6 Å². The molecule has 0 spiro atoms. The number of rotatable bonds is 6. The van der Waals surface area contributed by atoms with Crippen molar-refractivity contribution in [1.82, 2.24) is 0 Å². The first-order chi connectivity index (χ1) is 7.72. The fourth-order valence-corrected chi connectivity index (χ4v) is 1.63. The fourth-order valence-electron chi connectivity index (χ4n) is 1.63. The van der Waals surface area contributed by atoms with E-state index in [-0.39, 0.29) is 6.10 Å². The molecule has 0 aliphatic carbocycles. The number of hydrogen-bond acceptors (Lipinski definition) is 1. The van der Waals surface area contributed by atoms with Crippen molar-refractivity contribution in [3.63, 3.8) is 0 Å². The van der Waals surface area contributed by atoms with Crippen molar-refractivity contribution in [1.29, 1.82) is 0 Å². The Labute approximate surface area is 97.8 Å². The molecule has 0 amide bonds. The van der Waals surface area contributed by atoms with Crippen LogP contribution in [-0.2, 0) is 6.42 Å². The molecule has 0 saturated heterocycles. The zero-order chi connectivity index (χ0) is 11.8. The van der Waals surface area contributed by atoms with Crippen molar-refractivity contribution in [2.45, 2.75) is 31.8 Å². The third-order valence-corrected chi connectivity index (χ3v) is 2.49. The van der Waals surface area contributed by atoms with Crippen LogP contribution in [0.25, 0.3) is 0 Å². The van der Waals surface area contributed by atoms with Crippen molar-refractivity contribution in [2.75, 3.05) is 0 Å². The zero-order valence-corrected chi connectivity index (χ0v) is 9.52. The van der Waals surface area contributed by atoms with Crippen molar-refractivity contribution >= 4 is 0 Å². The number of terminal acetylenes is 1. The minimum Gasteiger partial charge on any atom is -0.393 e. The highest BCUT2D eigenvalue weighted by Crippen LogP contribution is 2.12. The Morgan fingerprint density at radius 1 is 1.38 bits per heavy atom. The summed E-state index contributed by atoms with van der Waals surface area (Å²) in [7, 11) is 0. The minimum absolute atomic E-state index is 0.332. The molecule has 0 heterocycles. The van der Waals surface area contributed by atoms with Crippen LogP contribution in [0.2, 0.25) is 0 Å². The molecule has 0 aliphatic rings. The van der Waals surface area contributed by atoms with Gasteiger partial charge in [-0.2, -0.15) is 0 Å². The van der Waals surface area contributed by atoms with Crippen LogP contribution in [0.3, 0.4) is 0 Å². The van der Waals surface area contributed by atoms with E-state index in [1.807, 2.05) is 18.2 Å². The van der Waals surface area contributed by atoms with Gasteiger partial charge in [-0.15, -0.1) is 12.3 Å². The molecule has 0 bridgehead atoms. The Kier molecular flexibility index (Phi) is 5.39. The molecule has 1 N–H and O–H groups in total. The largest absolute Gasteiger partial charge is 0.393 e. The summed E-state index contributed by atoms with van der Waals surface area (Å²) in [6, 6.07) is 10.2. The first kappa shape index (κ1) is 12.5. The van der Waals surface area contributed by atoms with E-state index in [1.165, 1.54) is 5.56 Å². The summed E-state index contributed by atoms with van der Waals surface area (Å²) < 4.78 is 0. The molecule has 0 radical (unpaired) electrons. The molecule has 1 aromatic carbocycles. The summed E-state index contributed by atoms with van der Waals surface area (Å²) in [5.41, 5.74) is 2.19. The first-order valence-electron chi connectivity index (χ1n) is 5.54. The number of aliphatic hydroxyl groups excluding tert-OH is 1. The maximum Gasteiger partial charge on any atom is 0.0580 e. The van der Waals surface area contributed by atoms with Gasteiger partial charge in [-0.05, 0) is 24.8 Å². The van der Waals surface area contributed by atoms with Crippen LogP contribution >= 0.6 is 0 Å². The van der Waals surface area contributed by atoms with Crippen LogP contribution in [0, 0.1) is 12.3 Å². The lowest BCUT2D eigenvalue weighted by atomic mass is 10.0. The summed E-state index contributed by atoms with van der Waals surface area (Å²) in [5, 5.41) is 9.78. The standard InChI is InChI=1S/C15H18O/c1-3-7-13(2)12-15(16)11-10-14-8-5-4-6-9-14/h1,4-6,8-9,15-16H,2,7,10-12H2. The molecule has 1 rings (SSSR count). The third-order valence-electron chi connectivity index (χ3n) is 2.49. The molecule has 1 unspecified atom stereocenters. The summed E-state index contributed by atoms with van der Waals surface area (Å²) in [6.07, 6.45) is 7.66. The van der Waals surface area contributed by atoms with E-state index in [4.69, 9.17) is 6.42 Å². The highest BCUT2D eigenvalue weighted by Gasteiger charge is 2.06. The van der Waals surface area contributed by atoms with Gasteiger partial charge in [0.25, 0.3) is 0 Å². The first-order valence-corrected chi connectivity index (χ1v) is 5.54. The normalized spacial score (nSPS) is 11.8. The van der Waals surface area contributed by atoms with Gasteiger partial charge in [0, 0.05) is 6.42 Å². The lowest BCUT2D eigenvalue weighted by Crippen LogP contribution is -2.08. The molecule has 84 valence electrons. The predicted octanol–water partition coefficient (Wildman–Crippen LogP) is 2.95. The molecular formula is C15H18O. The van der Waals surface area contributed by atoms with Crippen LogP contribution in [0.15, 0.2) is 42.5 Å². The second kappa shape index (κ2) is 6.87. The second-order valence-corrected chi connectivity index (χ2v) is 4.01. The highest BCUT2D eigenvalue weighted by molar-refractivity contribution is 5.15. The van der Waals surface area contributed by atoms with E-state index in [9.17, 15) is 5.11 Å². The molecule has 0 aliphatic heterocycles. The number of benzene rings is 1. The monoisotopic (exact) mass is 214 g/mol. The average Bonchev–Trinajstić information content (AvgIpc) is 2.28. The number of aryl methyl sites for hydroxylation is 1. The van der Waals surface area contributed by atoms with Crippen LogP contribution in [0.1, 0.15) is 24.8 Å². The Morgan fingerprint density at radius 2 is 2.06 bits per heavy atom. The van der Waals surface area contributed by atoms with Gasteiger partial charge in [-0.3, -0.25) is 0 Å². The van der Waals surface area contributed by atoms with Gasteiger partial charge in [-0.1, -0.05) is 42.5 Å². The quantitative estimate of drug-likeness (QED) is 0.570. The minimum atomic E-state index is -0.332. The maximum atomic E-state index is 9.78. The van der Waals surface area contributed by atoms with E-state index >= 15 is 0 Å². The van der Waals surface area contributed by atoms with Gasteiger partial charge in [0.1, 0.15) is 0 Å². The Morgan fingerprint density at radius 3 is 2.69 bits per heavy atom. The smallest absolute Gasteiger partial charge is 0.0580 e. The topological polar surface area (TPSA) is 20.2 Å². The summed E-state index contributed by atoms with van der Waals surface area (Å²) in [4.78, 5) is 0. The van der Waals surface area contributed by atoms with Crippen molar-refractivity contribution in [3.05, 3.63) is 48.0 Å². The summed E-state index contributed by atoms with van der Waals surface area (Å²) in [6.45, 7) is 3.84. The van der Waals surface area contributed by atoms with E-state index in [1.54, 1.807) is 0 Å². The molecule has 1 atom stereocenters. The van der Waals surface area contributed by atoms with Gasteiger partial charge in [0.15, 0.2) is 0 Å². The number of hydrogen-bond donors (Lipinski definition) is 1. The molecular weight excluding hydrogens is 196 g/mol. The second-order valence-electron chi connectivity index (χ2n) is 4.01. The lowest BCUT2D eigenvalue weighted by molar-refractivity contribution is 0.164. The van der Waals surface area contributed by atoms with E-state index in [0.29, 0.717) is 12.8 Å². The van der Waals surface area contributed by atoms with Gasteiger partial charge in [-0.25, -0.2) is 0 Å². The van der Waals surface area contributed by atoms with Crippen LogP contribution in [-0.4, -0.2) is 11.2 Å².